The van der Waals surface area contributed by atoms with E-state index in [0.29, 0.717) is 10.6 Å². The van der Waals surface area contributed by atoms with Crippen LogP contribution < -0.4 is 5.32 Å². The van der Waals surface area contributed by atoms with Crippen LogP contribution in [0.3, 0.4) is 0 Å². The minimum absolute atomic E-state index is 0.00378. The molecule has 0 aliphatic heterocycles. The van der Waals surface area contributed by atoms with Gasteiger partial charge in [-0.3, -0.25) is 4.79 Å². The molecule has 2 rings (SSSR count). The summed E-state index contributed by atoms with van der Waals surface area (Å²) in [6.07, 6.45) is 0. The third-order valence-corrected chi connectivity index (χ3v) is 4.41. The fraction of sp³-hybridized carbons (Fsp3) is 0.214. The number of aromatic nitrogens is 1. The van der Waals surface area contributed by atoms with E-state index in [2.05, 4.69) is 26.2 Å². The number of hydrogen-bond donors (Lipinski definition) is 2. The number of carbonyl (C=O) groups is 2. The molecule has 0 aliphatic rings. The van der Waals surface area contributed by atoms with Gasteiger partial charge in [0.1, 0.15) is 5.01 Å². The first-order chi connectivity index (χ1) is 9.88. The number of amides is 1. The van der Waals surface area contributed by atoms with Gasteiger partial charge in [0, 0.05) is 15.4 Å². The highest BCUT2D eigenvalue weighted by molar-refractivity contribution is 9.10. The van der Waals surface area contributed by atoms with Crippen LogP contribution in [0.2, 0.25) is 0 Å². The highest BCUT2D eigenvalue weighted by Gasteiger charge is 2.17. The van der Waals surface area contributed by atoms with Gasteiger partial charge in [-0.25, -0.2) is 9.78 Å². The Labute approximate surface area is 134 Å². The van der Waals surface area contributed by atoms with E-state index in [0.717, 1.165) is 10.0 Å². The van der Waals surface area contributed by atoms with Crippen molar-refractivity contribution in [3.63, 3.8) is 0 Å². The zero-order valence-electron chi connectivity index (χ0n) is 11.4. The van der Waals surface area contributed by atoms with Gasteiger partial charge in [0.05, 0.1) is 6.04 Å². The molecule has 1 aromatic heterocycles. The predicted molar refractivity (Wildman–Crippen MR) is 83.8 cm³/mol. The largest absolute Gasteiger partial charge is 0.476 e. The highest BCUT2D eigenvalue weighted by Crippen LogP contribution is 2.20. The Kier molecular flexibility index (Phi) is 4.74. The summed E-state index contributed by atoms with van der Waals surface area (Å²) in [5.41, 5.74) is 1.44. The summed E-state index contributed by atoms with van der Waals surface area (Å²) in [5.74, 6) is -1.28. The number of hydrogen-bond acceptors (Lipinski definition) is 4. The Bertz CT molecular complexity index is 699. The smallest absolute Gasteiger partial charge is 0.355 e. The standard InChI is InChI=1S/C14H13BrN2O3S/c1-7-5-9(15)3-4-10(7)12(18)16-8(2)13-17-11(6-21-13)14(19)20/h3-6,8H,1-2H3,(H,16,18)(H,19,20). The van der Waals surface area contributed by atoms with E-state index >= 15 is 0 Å². The lowest BCUT2D eigenvalue weighted by Crippen LogP contribution is -2.27. The number of aryl methyl sites for hydroxylation is 1. The van der Waals surface area contributed by atoms with Gasteiger partial charge in [-0.05, 0) is 37.6 Å². The number of nitrogens with one attached hydrogen (secondary N) is 1. The van der Waals surface area contributed by atoms with E-state index in [1.54, 1.807) is 19.1 Å². The molecule has 0 spiro atoms. The van der Waals surface area contributed by atoms with Crippen LogP contribution in [-0.4, -0.2) is 22.0 Å². The number of nitrogens with zero attached hydrogens (tertiary/aromatic N) is 1. The van der Waals surface area contributed by atoms with Gasteiger partial charge >= 0.3 is 5.97 Å². The predicted octanol–water partition coefficient (Wildman–Crippen LogP) is 3.40. The minimum Gasteiger partial charge on any atom is -0.476 e. The van der Waals surface area contributed by atoms with Crippen molar-refractivity contribution in [2.45, 2.75) is 19.9 Å². The van der Waals surface area contributed by atoms with Crippen molar-refractivity contribution in [1.82, 2.24) is 10.3 Å². The molecule has 0 fully saturated rings. The molecule has 1 heterocycles. The first-order valence-corrected chi connectivity index (χ1v) is 7.81. The normalized spacial score (nSPS) is 12.0. The molecule has 0 saturated heterocycles. The fourth-order valence-corrected chi connectivity index (χ4v) is 3.08. The zero-order valence-corrected chi connectivity index (χ0v) is 13.8. The van der Waals surface area contributed by atoms with Crippen LogP contribution in [0.25, 0.3) is 0 Å². The zero-order chi connectivity index (χ0) is 15.6. The maximum Gasteiger partial charge on any atom is 0.355 e. The Balaban J connectivity index is 2.12. The van der Waals surface area contributed by atoms with Crippen LogP contribution in [0.4, 0.5) is 0 Å². The molecule has 0 saturated carbocycles. The number of carbonyl (C=O) groups excluding carboxylic acids is 1. The Hall–Kier alpha value is -1.73. The second kappa shape index (κ2) is 6.36. The van der Waals surface area contributed by atoms with Crippen molar-refractivity contribution in [1.29, 1.82) is 0 Å². The van der Waals surface area contributed by atoms with E-state index in [1.807, 2.05) is 13.0 Å². The maximum atomic E-state index is 12.2. The third-order valence-electron chi connectivity index (χ3n) is 2.89. The number of halogens is 1. The summed E-state index contributed by atoms with van der Waals surface area (Å²) >= 11 is 4.57. The molecule has 1 amide bonds. The van der Waals surface area contributed by atoms with Crippen molar-refractivity contribution in [3.8, 4) is 0 Å². The van der Waals surface area contributed by atoms with Crippen LogP contribution in [0, 0.1) is 6.92 Å². The second-order valence-electron chi connectivity index (χ2n) is 4.53. The van der Waals surface area contributed by atoms with Crippen LogP contribution >= 0.6 is 27.3 Å². The molecule has 0 aliphatic carbocycles. The van der Waals surface area contributed by atoms with Crippen LogP contribution in [0.1, 0.15) is 44.4 Å². The van der Waals surface area contributed by atoms with Crippen molar-refractivity contribution in [3.05, 3.63) is 49.9 Å². The quantitative estimate of drug-likeness (QED) is 0.866. The summed E-state index contributed by atoms with van der Waals surface area (Å²) in [7, 11) is 0. The third kappa shape index (κ3) is 3.68. The van der Waals surface area contributed by atoms with Gasteiger partial charge in [-0.2, -0.15) is 0 Å². The minimum atomic E-state index is -1.07. The molecule has 1 atom stereocenters. The lowest BCUT2D eigenvalue weighted by Gasteiger charge is -2.12. The summed E-state index contributed by atoms with van der Waals surface area (Å²) < 4.78 is 0.913. The summed E-state index contributed by atoms with van der Waals surface area (Å²) in [4.78, 5) is 27.0. The SMILES string of the molecule is Cc1cc(Br)ccc1C(=O)NC(C)c1nc(C(=O)O)cs1. The Morgan fingerprint density at radius 1 is 1.43 bits per heavy atom. The molecule has 1 unspecified atom stereocenters. The maximum absolute atomic E-state index is 12.2. The van der Waals surface area contributed by atoms with E-state index < -0.39 is 5.97 Å². The molecule has 7 heteroatoms. The number of carboxylic acids is 1. The average Bonchev–Trinajstić information content (AvgIpc) is 2.88. The summed E-state index contributed by atoms with van der Waals surface area (Å²) in [6, 6.07) is 5.06. The van der Waals surface area contributed by atoms with Gasteiger partial charge in [0.2, 0.25) is 0 Å². The molecule has 1 aromatic carbocycles. The van der Waals surface area contributed by atoms with Gasteiger partial charge in [-0.1, -0.05) is 15.9 Å². The van der Waals surface area contributed by atoms with Gasteiger partial charge in [-0.15, -0.1) is 11.3 Å². The second-order valence-corrected chi connectivity index (χ2v) is 6.34. The van der Waals surface area contributed by atoms with Crippen molar-refractivity contribution >= 4 is 39.1 Å². The Morgan fingerprint density at radius 3 is 2.71 bits per heavy atom. The number of thiazole rings is 1. The number of benzene rings is 1. The molecule has 2 aromatic rings. The molecule has 21 heavy (non-hydrogen) atoms. The van der Waals surface area contributed by atoms with E-state index in [9.17, 15) is 9.59 Å². The molecular weight excluding hydrogens is 356 g/mol. The molecule has 5 nitrogen and oxygen atoms in total. The van der Waals surface area contributed by atoms with E-state index in [-0.39, 0.29) is 17.6 Å². The summed E-state index contributed by atoms with van der Waals surface area (Å²) in [6.45, 7) is 3.63. The van der Waals surface area contributed by atoms with Gasteiger partial charge in [0.15, 0.2) is 5.69 Å². The molecule has 110 valence electrons. The summed E-state index contributed by atoms with van der Waals surface area (Å²) in [5, 5.41) is 13.7. The topological polar surface area (TPSA) is 79.3 Å². The van der Waals surface area contributed by atoms with Gasteiger partial charge in [0.25, 0.3) is 5.91 Å². The van der Waals surface area contributed by atoms with Crippen molar-refractivity contribution < 1.29 is 14.7 Å². The lowest BCUT2D eigenvalue weighted by atomic mass is 10.1. The van der Waals surface area contributed by atoms with Crippen LogP contribution in [0.15, 0.2) is 28.1 Å². The van der Waals surface area contributed by atoms with Crippen molar-refractivity contribution in [2.24, 2.45) is 0 Å². The first kappa shape index (κ1) is 15.7. The number of rotatable bonds is 4. The van der Waals surface area contributed by atoms with E-state index in [4.69, 9.17) is 5.11 Å². The first-order valence-electron chi connectivity index (χ1n) is 6.14. The molecule has 0 radical (unpaired) electrons. The lowest BCUT2D eigenvalue weighted by molar-refractivity contribution is 0.0691. The fourth-order valence-electron chi connectivity index (χ4n) is 1.80. The molecule has 2 N–H and O–H groups in total. The highest BCUT2D eigenvalue weighted by atomic mass is 79.9. The average molecular weight is 369 g/mol. The number of aromatic carboxylic acids is 1. The van der Waals surface area contributed by atoms with E-state index in [1.165, 1.54) is 16.7 Å². The monoisotopic (exact) mass is 368 g/mol. The van der Waals surface area contributed by atoms with Crippen LogP contribution in [-0.2, 0) is 0 Å². The Morgan fingerprint density at radius 2 is 2.14 bits per heavy atom. The number of carboxylic acid groups (broad SMARTS) is 1. The molecular formula is C14H13BrN2O3S. The van der Waals surface area contributed by atoms with Crippen molar-refractivity contribution in [2.75, 3.05) is 0 Å². The van der Waals surface area contributed by atoms with Crippen LogP contribution in [0.5, 0.6) is 0 Å². The molecule has 0 bridgehead atoms. The van der Waals surface area contributed by atoms with Gasteiger partial charge < -0.3 is 10.4 Å².